The van der Waals surface area contributed by atoms with Gasteiger partial charge in [0, 0.05) is 18.4 Å². The number of pyridine rings is 1. The summed E-state index contributed by atoms with van der Waals surface area (Å²) in [7, 11) is 0. The largest absolute Gasteiger partial charge is 0.339 e. The Kier molecular flexibility index (Phi) is 3.73. The van der Waals surface area contributed by atoms with Gasteiger partial charge in [-0.2, -0.15) is 0 Å². The number of hydrogen-bond acceptors (Lipinski definition) is 3. The van der Waals surface area contributed by atoms with E-state index in [0.29, 0.717) is 5.02 Å². The van der Waals surface area contributed by atoms with E-state index in [1.165, 1.54) is 11.1 Å². The zero-order valence-corrected chi connectivity index (χ0v) is 12.6. The maximum atomic E-state index is 5.91. The second-order valence-electron chi connectivity index (χ2n) is 4.48. The van der Waals surface area contributed by atoms with Crippen molar-refractivity contribution in [1.29, 1.82) is 0 Å². The first-order chi connectivity index (χ1) is 9.24. The van der Waals surface area contributed by atoms with Crippen molar-refractivity contribution in [3.05, 3.63) is 51.1 Å². The van der Waals surface area contributed by atoms with Crippen LogP contribution in [0.2, 0.25) is 5.02 Å². The van der Waals surface area contributed by atoms with Gasteiger partial charge >= 0.3 is 0 Å². The third-order valence-electron chi connectivity index (χ3n) is 3.20. The number of halogens is 2. The van der Waals surface area contributed by atoms with Crippen molar-refractivity contribution in [2.45, 2.75) is 13.0 Å². The van der Waals surface area contributed by atoms with Gasteiger partial charge in [0.25, 0.3) is 0 Å². The topological polar surface area (TPSA) is 37.0 Å². The molecule has 5 heteroatoms. The van der Waals surface area contributed by atoms with E-state index in [0.717, 1.165) is 35.5 Å². The van der Waals surface area contributed by atoms with Crippen LogP contribution in [0.4, 0.5) is 11.5 Å². The molecule has 0 atom stereocenters. The number of aromatic nitrogens is 1. The van der Waals surface area contributed by atoms with Gasteiger partial charge in [-0.25, -0.2) is 4.98 Å². The van der Waals surface area contributed by atoms with Crippen LogP contribution >= 0.6 is 27.5 Å². The van der Waals surface area contributed by atoms with Crippen molar-refractivity contribution < 1.29 is 0 Å². The molecule has 1 aliphatic heterocycles. The Hall–Kier alpha value is -1.10. The van der Waals surface area contributed by atoms with Gasteiger partial charge in [-0.1, -0.05) is 23.7 Å². The summed E-state index contributed by atoms with van der Waals surface area (Å²) in [4.78, 5) is 4.32. The molecule has 0 unspecified atom stereocenters. The molecule has 0 spiro atoms. The maximum Gasteiger partial charge on any atom is 0.144 e. The zero-order valence-electron chi connectivity index (χ0n) is 10.2. The van der Waals surface area contributed by atoms with E-state index >= 15 is 0 Å². The molecular weight excluding hydrogens is 326 g/mol. The van der Waals surface area contributed by atoms with E-state index in [2.05, 4.69) is 49.7 Å². The fourth-order valence-electron chi connectivity index (χ4n) is 2.28. The highest BCUT2D eigenvalue weighted by Gasteiger charge is 2.13. The molecular formula is C14H13BrClN3. The summed E-state index contributed by atoms with van der Waals surface area (Å²) in [6, 6.07) is 8.16. The van der Waals surface area contributed by atoms with Crippen molar-refractivity contribution in [2.75, 3.05) is 11.9 Å². The highest BCUT2D eigenvalue weighted by atomic mass is 79.9. The Morgan fingerprint density at radius 3 is 3.11 bits per heavy atom. The molecule has 1 aliphatic rings. The first-order valence-electron chi connectivity index (χ1n) is 6.13. The Morgan fingerprint density at radius 2 is 2.26 bits per heavy atom. The Morgan fingerprint density at radius 1 is 1.37 bits per heavy atom. The van der Waals surface area contributed by atoms with Crippen LogP contribution in [0.25, 0.3) is 0 Å². The van der Waals surface area contributed by atoms with Crippen LogP contribution in [0.5, 0.6) is 0 Å². The van der Waals surface area contributed by atoms with Crippen LogP contribution in [-0.2, 0) is 13.0 Å². The van der Waals surface area contributed by atoms with Gasteiger partial charge in [0.1, 0.15) is 5.82 Å². The lowest BCUT2D eigenvalue weighted by Crippen LogP contribution is -2.24. The van der Waals surface area contributed by atoms with Crippen LogP contribution < -0.4 is 10.6 Å². The summed E-state index contributed by atoms with van der Waals surface area (Å²) < 4.78 is 0.867. The van der Waals surface area contributed by atoms with Crippen molar-refractivity contribution in [3.8, 4) is 0 Å². The normalized spacial score (nSPS) is 14.0. The molecule has 1 aromatic heterocycles. The minimum absolute atomic E-state index is 0.622. The molecule has 0 saturated heterocycles. The smallest absolute Gasteiger partial charge is 0.144 e. The van der Waals surface area contributed by atoms with Gasteiger partial charge in [-0.15, -0.1) is 0 Å². The molecule has 0 fully saturated rings. The highest BCUT2D eigenvalue weighted by molar-refractivity contribution is 9.10. The summed E-state index contributed by atoms with van der Waals surface area (Å²) in [6.07, 6.45) is 2.68. The quantitative estimate of drug-likeness (QED) is 0.872. The second-order valence-corrected chi connectivity index (χ2v) is 5.77. The molecule has 1 aromatic carbocycles. The number of fused-ring (bicyclic) bond motifs is 1. The predicted molar refractivity (Wildman–Crippen MR) is 82.1 cm³/mol. The highest BCUT2D eigenvalue weighted by Crippen LogP contribution is 2.30. The lowest BCUT2D eigenvalue weighted by atomic mass is 9.99. The molecule has 19 heavy (non-hydrogen) atoms. The standard InChI is InChI=1S/C14H13BrClN3/c15-12-6-10(16)8-18-14(12)19-13-3-1-2-9-7-17-5-4-11(9)13/h1-3,6,8,17H,4-5,7H2,(H,18,19). The van der Waals surface area contributed by atoms with E-state index in [9.17, 15) is 0 Å². The van der Waals surface area contributed by atoms with E-state index < -0.39 is 0 Å². The summed E-state index contributed by atoms with van der Waals surface area (Å²) in [5.74, 6) is 0.788. The van der Waals surface area contributed by atoms with Gasteiger partial charge in [-0.05, 0) is 52.2 Å². The van der Waals surface area contributed by atoms with Crippen LogP contribution in [0, 0.1) is 0 Å². The summed E-state index contributed by atoms with van der Waals surface area (Å²) in [5.41, 5.74) is 3.83. The molecule has 3 nitrogen and oxygen atoms in total. The van der Waals surface area contributed by atoms with E-state index in [4.69, 9.17) is 11.6 Å². The number of rotatable bonds is 2. The van der Waals surface area contributed by atoms with Gasteiger partial charge in [0.2, 0.25) is 0 Å². The minimum Gasteiger partial charge on any atom is -0.339 e. The fourth-order valence-corrected chi connectivity index (χ4v) is 3.02. The SMILES string of the molecule is Clc1cnc(Nc2cccc3c2CCNC3)c(Br)c1. The first-order valence-corrected chi connectivity index (χ1v) is 7.30. The van der Waals surface area contributed by atoms with E-state index in [-0.39, 0.29) is 0 Å². The molecule has 0 bridgehead atoms. The number of benzene rings is 1. The summed E-state index contributed by atoms with van der Waals surface area (Å²) in [6.45, 7) is 1.95. The molecule has 0 amide bonds. The first kappa shape index (κ1) is 12.9. The average molecular weight is 339 g/mol. The molecule has 2 aromatic rings. The monoisotopic (exact) mass is 337 g/mol. The van der Waals surface area contributed by atoms with Crippen LogP contribution in [0.3, 0.4) is 0 Å². The Labute approximate surface area is 125 Å². The number of nitrogens with one attached hydrogen (secondary N) is 2. The van der Waals surface area contributed by atoms with Gasteiger partial charge in [-0.3, -0.25) is 0 Å². The van der Waals surface area contributed by atoms with Crippen LogP contribution in [0.1, 0.15) is 11.1 Å². The third-order valence-corrected chi connectivity index (χ3v) is 4.01. The van der Waals surface area contributed by atoms with E-state index in [1.54, 1.807) is 6.20 Å². The third kappa shape index (κ3) is 2.76. The molecule has 0 saturated carbocycles. The molecule has 2 heterocycles. The summed E-state index contributed by atoms with van der Waals surface area (Å²) >= 11 is 9.39. The minimum atomic E-state index is 0.622. The lowest BCUT2D eigenvalue weighted by Gasteiger charge is -2.21. The van der Waals surface area contributed by atoms with Gasteiger partial charge < -0.3 is 10.6 Å². The lowest BCUT2D eigenvalue weighted by molar-refractivity contribution is 0.645. The van der Waals surface area contributed by atoms with Crippen molar-refractivity contribution in [1.82, 2.24) is 10.3 Å². The second kappa shape index (κ2) is 5.49. The van der Waals surface area contributed by atoms with Crippen molar-refractivity contribution >= 4 is 39.0 Å². The molecule has 0 aliphatic carbocycles. The Bertz CT molecular complexity index is 616. The number of nitrogens with zero attached hydrogens (tertiary/aromatic N) is 1. The molecule has 3 rings (SSSR count). The molecule has 98 valence electrons. The average Bonchev–Trinajstić information content (AvgIpc) is 2.42. The summed E-state index contributed by atoms with van der Waals surface area (Å²) in [5, 5.41) is 7.39. The van der Waals surface area contributed by atoms with E-state index in [1.807, 2.05) is 6.07 Å². The van der Waals surface area contributed by atoms with Crippen LogP contribution in [0.15, 0.2) is 34.9 Å². The number of anilines is 2. The van der Waals surface area contributed by atoms with Gasteiger partial charge in [0.15, 0.2) is 0 Å². The number of hydrogen-bond donors (Lipinski definition) is 2. The maximum absolute atomic E-state index is 5.91. The molecule has 0 radical (unpaired) electrons. The zero-order chi connectivity index (χ0) is 13.2. The Balaban J connectivity index is 1.95. The fraction of sp³-hybridized carbons (Fsp3) is 0.214. The predicted octanol–water partition coefficient (Wildman–Crippen LogP) is 3.89. The van der Waals surface area contributed by atoms with Crippen molar-refractivity contribution in [2.24, 2.45) is 0 Å². The molecule has 2 N–H and O–H groups in total. The van der Waals surface area contributed by atoms with Crippen LogP contribution in [-0.4, -0.2) is 11.5 Å². The van der Waals surface area contributed by atoms with Gasteiger partial charge in [0.05, 0.1) is 9.50 Å². The van der Waals surface area contributed by atoms with Crippen molar-refractivity contribution in [3.63, 3.8) is 0 Å².